The maximum absolute atomic E-state index is 12.3. The molecule has 4 aromatic carbocycles. The van der Waals surface area contributed by atoms with Gasteiger partial charge in [0.1, 0.15) is 32.9 Å². The van der Waals surface area contributed by atoms with E-state index in [-0.39, 0.29) is 46.3 Å². The molecule has 0 atom stereocenters. The molecular formula is C32H24N10O6S2-2. The van der Waals surface area contributed by atoms with Crippen molar-refractivity contribution in [2.75, 3.05) is 21.3 Å². The second-order valence-electron chi connectivity index (χ2n) is 10.2. The predicted octanol–water partition coefficient (Wildman–Crippen LogP) is 5.01. The van der Waals surface area contributed by atoms with E-state index < -0.39 is 30.0 Å². The number of aromatic nitrogens is 6. The molecule has 0 saturated carbocycles. The number of hydrogen-bond acceptors (Lipinski definition) is 16. The van der Waals surface area contributed by atoms with Crippen LogP contribution in [0.3, 0.4) is 0 Å². The highest BCUT2D eigenvalue weighted by molar-refractivity contribution is 7.86. The number of rotatable bonds is 12. The van der Waals surface area contributed by atoms with Gasteiger partial charge in [-0.2, -0.15) is 9.97 Å². The summed E-state index contributed by atoms with van der Waals surface area (Å²) in [5.41, 5.74) is 1.68. The monoisotopic (exact) mass is 708 g/mol. The fourth-order valence-corrected chi connectivity index (χ4v) is 5.90. The number of nitrogens with zero attached hydrogens (tertiary/aromatic N) is 6. The number of anilines is 8. The molecule has 0 spiro atoms. The summed E-state index contributed by atoms with van der Waals surface area (Å²) in [5.74, 6) is 0.563. The van der Waals surface area contributed by atoms with Gasteiger partial charge < -0.3 is 30.4 Å². The lowest BCUT2D eigenvalue weighted by Gasteiger charge is -2.15. The van der Waals surface area contributed by atoms with Crippen LogP contribution in [0, 0.1) is 0 Å². The largest absolute Gasteiger partial charge is 0.744 e. The average Bonchev–Trinajstić information content (AvgIpc) is 3.08. The Morgan fingerprint density at radius 3 is 1.14 bits per heavy atom. The number of nitrogens with one attached hydrogen (secondary N) is 4. The van der Waals surface area contributed by atoms with Crippen molar-refractivity contribution in [1.29, 1.82) is 0 Å². The van der Waals surface area contributed by atoms with Gasteiger partial charge in [0.25, 0.3) is 0 Å². The van der Waals surface area contributed by atoms with E-state index in [1.165, 1.54) is 49.1 Å². The van der Waals surface area contributed by atoms with Gasteiger partial charge in [-0.05, 0) is 59.7 Å². The molecule has 0 amide bonds. The summed E-state index contributed by atoms with van der Waals surface area (Å²) in [7, 11) is -10.1. The molecule has 0 aliphatic rings. The van der Waals surface area contributed by atoms with E-state index in [4.69, 9.17) is 0 Å². The SMILES string of the molecule is O=S(=O)([O-])c1cc(Nc2ncnc(Nc3ccccc3)n2)ccc1C=Cc1ccc(Nc2ncnc(Nc3ccccc3)n2)cc1S(=O)(=O)[O-]. The first-order chi connectivity index (χ1) is 24.0. The Labute approximate surface area is 286 Å². The summed E-state index contributed by atoms with van der Waals surface area (Å²) in [6, 6.07) is 26.0. The van der Waals surface area contributed by atoms with Crippen LogP contribution < -0.4 is 21.3 Å². The van der Waals surface area contributed by atoms with Crippen LogP contribution in [0.15, 0.2) is 120 Å². The van der Waals surface area contributed by atoms with Gasteiger partial charge in [0, 0.05) is 22.7 Å². The molecule has 252 valence electrons. The van der Waals surface area contributed by atoms with Gasteiger partial charge >= 0.3 is 0 Å². The highest BCUT2D eigenvalue weighted by atomic mass is 32.2. The normalized spacial score (nSPS) is 11.6. The van der Waals surface area contributed by atoms with Crippen LogP contribution in [0.2, 0.25) is 0 Å². The molecule has 50 heavy (non-hydrogen) atoms. The quantitative estimate of drug-likeness (QED) is 0.0964. The van der Waals surface area contributed by atoms with Crippen LogP contribution in [0.5, 0.6) is 0 Å². The zero-order valence-electron chi connectivity index (χ0n) is 25.5. The molecule has 16 nitrogen and oxygen atoms in total. The first kappa shape index (κ1) is 33.6. The smallest absolute Gasteiger partial charge is 0.232 e. The number of benzene rings is 4. The molecule has 2 aromatic heterocycles. The second kappa shape index (κ2) is 14.4. The molecule has 0 bridgehead atoms. The number of hydrogen-bond donors (Lipinski definition) is 4. The molecule has 2 heterocycles. The zero-order valence-corrected chi connectivity index (χ0v) is 27.1. The molecule has 0 aliphatic heterocycles. The Bertz CT molecular complexity index is 2230. The van der Waals surface area contributed by atoms with Gasteiger partial charge in [-0.15, -0.1) is 0 Å². The van der Waals surface area contributed by atoms with Crippen LogP contribution in [-0.2, 0) is 20.2 Å². The van der Waals surface area contributed by atoms with Gasteiger partial charge in [0.15, 0.2) is 0 Å². The minimum Gasteiger partial charge on any atom is -0.744 e. The molecule has 4 N–H and O–H groups in total. The third-order valence-electron chi connectivity index (χ3n) is 6.72. The van der Waals surface area contributed by atoms with E-state index in [9.17, 15) is 25.9 Å². The summed E-state index contributed by atoms with van der Waals surface area (Å²) in [6.45, 7) is 0. The highest BCUT2D eigenvalue weighted by Gasteiger charge is 2.13. The van der Waals surface area contributed by atoms with Crippen LogP contribution in [0.25, 0.3) is 12.2 Å². The maximum atomic E-state index is 12.3. The maximum Gasteiger partial charge on any atom is 0.232 e. The molecule has 0 radical (unpaired) electrons. The third kappa shape index (κ3) is 8.76. The predicted molar refractivity (Wildman–Crippen MR) is 183 cm³/mol. The minimum atomic E-state index is -5.03. The van der Waals surface area contributed by atoms with Crippen LogP contribution in [0.1, 0.15) is 11.1 Å². The van der Waals surface area contributed by atoms with Gasteiger partial charge in [0.05, 0.1) is 9.79 Å². The van der Waals surface area contributed by atoms with Crippen molar-refractivity contribution in [2.45, 2.75) is 9.79 Å². The Morgan fingerprint density at radius 1 is 0.460 bits per heavy atom. The average molecular weight is 709 g/mol. The lowest BCUT2D eigenvalue weighted by molar-refractivity contribution is 0.460. The van der Waals surface area contributed by atoms with Crippen molar-refractivity contribution in [2.24, 2.45) is 0 Å². The Hall–Kier alpha value is -6.34. The van der Waals surface area contributed by atoms with E-state index >= 15 is 0 Å². The van der Waals surface area contributed by atoms with E-state index in [0.717, 1.165) is 23.5 Å². The van der Waals surface area contributed by atoms with Crippen molar-refractivity contribution in [1.82, 2.24) is 29.9 Å². The van der Waals surface area contributed by atoms with E-state index in [0.29, 0.717) is 0 Å². The van der Waals surface area contributed by atoms with E-state index in [1.54, 1.807) is 0 Å². The van der Waals surface area contributed by atoms with Crippen molar-refractivity contribution in [3.05, 3.63) is 121 Å². The van der Waals surface area contributed by atoms with Crippen molar-refractivity contribution in [3.8, 4) is 0 Å². The van der Waals surface area contributed by atoms with E-state index in [2.05, 4.69) is 51.2 Å². The molecule has 0 unspecified atom stereocenters. The fraction of sp³-hybridized carbons (Fsp3) is 0. The summed E-state index contributed by atoms with van der Waals surface area (Å²) >= 11 is 0. The van der Waals surface area contributed by atoms with Gasteiger partial charge in [-0.25, -0.2) is 36.8 Å². The van der Waals surface area contributed by atoms with Crippen molar-refractivity contribution in [3.63, 3.8) is 0 Å². The number of para-hydroxylation sites is 2. The molecule has 6 aromatic rings. The first-order valence-electron chi connectivity index (χ1n) is 14.4. The summed E-state index contributed by atoms with van der Waals surface area (Å²) in [6.07, 6.45) is 4.92. The molecule has 0 fully saturated rings. The standard InChI is InChI=1S/C32H26N10O6S2/c43-49(44,45)27-17-25(39-31-35-19-33-29(41-31)37-23-7-3-1-4-8-23)15-13-21(27)11-12-22-14-16-26(18-28(22)50(46,47)48)40-32-36-20-34-30(42-32)38-24-9-5-2-6-10-24/h1-20H,(H,43,44,45)(H,46,47,48)(H2,33,35,37,39,41)(H2,34,36,38,40,42)/p-2. The topological polar surface area (TPSA) is 240 Å². The molecule has 6 rings (SSSR count). The van der Waals surface area contributed by atoms with Crippen molar-refractivity contribution >= 4 is 78.9 Å². The van der Waals surface area contributed by atoms with Crippen LogP contribution in [0.4, 0.5) is 46.5 Å². The molecule has 0 saturated heterocycles. The zero-order chi connectivity index (χ0) is 35.1. The van der Waals surface area contributed by atoms with Gasteiger partial charge in [-0.3, -0.25) is 0 Å². The molecule has 18 heteroatoms. The van der Waals surface area contributed by atoms with Crippen LogP contribution >= 0.6 is 0 Å². The summed E-state index contributed by atoms with van der Waals surface area (Å²) in [5, 5.41) is 11.7. The third-order valence-corrected chi connectivity index (χ3v) is 8.51. The van der Waals surface area contributed by atoms with Crippen molar-refractivity contribution < 1.29 is 25.9 Å². The lowest BCUT2D eigenvalue weighted by Crippen LogP contribution is -2.06. The minimum absolute atomic E-state index is 0.0623. The molecule has 0 aliphatic carbocycles. The second-order valence-corrected chi connectivity index (χ2v) is 12.9. The fourth-order valence-electron chi connectivity index (χ4n) is 4.51. The summed E-state index contributed by atoms with van der Waals surface area (Å²) in [4.78, 5) is 23.5. The van der Waals surface area contributed by atoms with E-state index in [1.807, 2.05) is 60.7 Å². The van der Waals surface area contributed by atoms with Gasteiger partial charge in [-0.1, -0.05) is 60.7 Å². The Kier molecular flexibility index (Phi) is 9.68. The summed E-state index contributed by atoms with van der Waals surface area (Å²) < 4.78 is 73.5. The Balaban J connectivity index is 1.23. The highest BCUT2D eigenvalue weighted by Crippen LogP contribution is 2.28. The lowest BCUT2D eigenvalue weighted by atomic mass is 10.1. The van der Waals surface area contributed by atoms with Crippen LogP contribution in [-0.4, -0.2) is 55.8 Å². The molecular weight excluding hydrogens is 685 g/mol. The van der Waals surface area contributed by atoms with Gasteiger partial charge in [0.2, 0.25) is 23.8 Å². The first-order valence-corrected chi connectivity index (χ1v) is 17.3. The Morgan fingerprint density at radius 2 is 0.800 bits per heavy atom.